The highest BCUT2D eigenvalue weighted by Crippen LogP contribution is 2.26. The third-order valence-corrected chi connectivity index (χ3v) is 5.97. The second-order valence-electron chi connectivity index (χ2n) is 7.83. The fraction of sp³-hybridized carbons (Fsp3) is 0.333. The van der Waals surface area contributed by atoms with E-state index >= 15 is 0 Å². The number of aromatic nitrogens is 2. The van der Waals surface area contributed by atoms with Gasteiger partial charge in [-0.1, -0.05) is 43.0 Å². The second kappa shape index (κ2) is 9.43. The Morgan fingerprint density at radius 3 is 2.63 bits per heavy atom. The molecule has 2 aromatic carbocycles. The van der Waals surface area contributed by atoms with Crippen molar-refractivity contribution in [2.75, 3.05) is 0 Å². The van der Waals surface area contributed by atoms with Crippen LogP contribution in [-0.2, 0) is 13.1 Å². The van der Waals surface area contributed by atoms with Crippen LogP contribution in [0.2, 0.25) is 5.02 Å². The van der Waals surface area contributed by atoms with E-state index in [4.69, 9.17) is 11.6 Å². The zero-order valence-electron chi connectivity index (χ0n) is 16.8. The van der Waals surface area contributed by atoms with Crippen molar-refractivity contribution in [3.8, 4) is 0 Å². The number of hydrogen-bond donors (Lipinski definition) is 0. The summed E-state index contributed by atoms with van der Waals surface area (Å²) < 4.78 is 15.6. The first-order valence-electron chi connectivity index (χ1n) is 10.4. The van der Waals surface area contributed by atoms with Gasteiger partial charge < -0.3 is 9.47 Å². The lowest BCUT2D eigenvalue weighted by Gasteiger charge is -2.34. The Kier molecular flexibility index (Phi) is 6.48. The summed E-state index contributed by atoms with van der Waals surface area (Å²) in [4.78, 5) is 19.9. The zero-order chi connectivity index (χ0) is 20.9. The maximum absolute atomic E-state index is 13.6. The van der Waals surface area contributed by atoms with Crippen molar-refractivity contribution in [2.24, 2.45) is 0 Å². The van der Waals surface area contributed by atoms with E-state index < -0.39 is 0 Å². The highest BCUT2D eigenvalue weighted by atomic mass is 35.5. The van der Waals surface area contributed by atoms with E-state index in [9.17, 15) is 9.18 Å². The van der Waals surface area contributed by atoms with Crippen LogP contribution in [0.3, 0.4) is 0 Å². The molecule has 0 atom stereocenters. The largest absolute Gasteiger partial charge is 0.329 e. The second-order valence-corrected chi connectivity index (χ2v) is 8.27. The molecular formula is C24H25ClFN3O. The van der Waals surface area contributed by atoms with Crippen LogP contribution in [0.25, 0.3) is 0 Å². The summed E-state index contributed by atoms with van der Waals surface area (Å²) >= 11 is 6.00. The summed E-state index contributed by atoms with van der Waals surface area (Å²) in [5.41, 5.74) is 1.50. The molecular weight excluding hydrogens is 401 g/mol. The van der Waals surface area contributed by atoms with Gasteiger partial charge in [0.15, 0.2) is 0 Å². The number of amides is 1. The van der Waals surface area contributed by atoms with Gasteiger partial charge in [0.05, 0.1) is 6.54 Å². The lowest BCUT2D eigenvalue weighted by Crippen LogP contribution is -2.41. The number of nitrogens with zero attached hydrogens (tertiary/aromatic N) is 3. The number of imidazole rings is 1. The van der Waals surface area contributed by atoms with E-state index in [-0.39, 0.29) is 17.8 Å². The standard InChI is InChI=1S/C24H25ClFN3O/c25-20-11-9-19(10-12-20)24(30)29(22-7-2-1-3-8-22)17-23-27-13-14-28(23)16-18-5-4-6-21(26)15-18/h4-6,9-15,22H,1-3,7-8,16-17H2. The molecule has 0 aliphatic heterocycles. The molecule has 4 nitrogen and oxygen atoms in total. The summed E-state index contributed by atoms with van der Waals surface area (Å²) in [5, 5.41) is 0.612. The van der Waals surface area contributed by atoms with E-state index in [1.54, 1.807) is 36.5 Å². The van der Waals surface area contributed by atoms with Gasteiger partial charge in [0.2, 0.25) is 0 Å². The molecule has 0 bridgehead atoms. The Labute approximate surface area is 181 Å². The number of benzene rings is 2. The van der Waals surface area contributed by atoms with Gasteiger partial charge in [-0.3, -0.25) is 4.79 Å². The van der Waals surface area contributed by atoms with Gasteiger partial charge in [0.1, 0.15) is 11.6 Å². The molecule has 1 heterocycles. The molecule has 1 aliphatic carbocycles. The molecule has 4 rings (SSSR count). The third kappa shape index (κ3) is 4.90. The van der Waals surface area contributed by atoms with E-state index in [0.29, 0.717) is 23.7 Å². The first kappa shape index (κ1) is 20.6. The minimum Gasteiger partial charge on any atom is -0.329 e. The van der Waals surface area contributed by atoms with Crippen LogP contribution in [0, 0.1) is 5.82 Å². The van der Waals surface area contributed by atoms with Gasteiger partial charge in [0, 0.05) is 35.6 Å². The molecule has 0 spiro atoms. The predicted octanol–water partition coefficient (Wildman–Crippen LogP) is 5.70. The van der Waals surface area contributed by atoms with Crippen LogP contribution >= 0.6 is 11.6 Å². The van der Waals surface area contributed by atoms with Crippen molar-refractivity contribution in [1.82, 2.24) is 14.5 Å². The quantitative estimate of drug-likeness (QED) is 0.508. The number of rotatable bonds is 6. The molecule has 156 valence electrons. The van der Waals surface area contributed by atoms with Crippen molar-refractivity contribution in [3.63, 3.8) is 0 Å². The van der Waals surface area contributed by atoms with E-state index in [0.717, 1.165) is 37.1 Å². The van der Waals surface area contributed by atoms with Crippen molar-refractivity contribution in [3.05, 3.63) is 88.7 Å². The average molecular weight is 426 g/mol. The van der Waals surface area contributed by atoms with Gasteiger partial charge in [-0.05, 0) is 54.8 Å². The van der Waals surface area contributed by atoms with Crippen LogP contribution in [0.4, 0.5) is 4.39 Å². The summed E-state index contributed by atoms with van der Waals surface area (Å²) in [6.45, 7) is 0.940. The average Bonchev–Trinajstić information content (AvgIpc) is 3.19. The predicted molar refractivity (Wildman–Crippen MR) is 116 cm³/mol. The topological polar surface area (TPSA) is 38.1 Å². The number of hydrogen-bond acceptors (Lipinski definition) is 2. The lowest BCUT2D eigenvalue weighted by molar-refractivity contribution is 0.0605. The smallest absolute Gasteiger partial charge is 0.254 e. The van der Waals surface area contributed by atoms with Crippen LogP contribution in [0.15, 0.2) is 60.9 Å². The number of carbonyl (C=O) groups excluding carboxylic acids is 1. The Morgan fingerprint density at radius 1 is 1.13 bits per heavy atom. The maximum Gasteiger partial charge on any atom is 0.254 e. The molecule has 0 saturated heterocycles. The fourth-order valence-electron chi connectivity index (χ4n) is 4.14. The SMILES string of the molecule is O=C(c1ccc(Cl)cc1)N(Cc1nccn1Cc1cccc(F)c1)C1CCCCC1. The van der Waals surface area contributed by atoms with Gasteiger partial charge >= 0.3 is 0 Å². The van der Waals surface area contributed by atoms with Crippen LogP contribution in [0.5, 0.6) is 0 Å². The highest BCUT2D eigenvalue weighted by Gasteiger charge is 2.27. The Bertz CT molecular complexity index is 996. The molecule has 0 radical (unpaired) electrons. The summed E-state index contributed by atoms with van der Waals surface area (Å²) in [5.74, 6) is 0.543. The normalized spacial score (nSPS) is 14.6. The monoisotopic (exact) mass is 425 g/mol. The van der Waals surface area contributed by atoms with Crippen LogP contribution < -0.4 is 0 Å². The van der Waals surface area contributed by atoms with Gasteiger partial charge in [-0.25, -0.2) is 9.37 Å². The lowest BCUT2D eigenvalue weighted by atomic mass is 9.93. The van der Waals surface area contributed by atoms with E-state index in [1.807, 2.05) is 21.7 Å². The van der Waals surface area contributed by atoms with Crippen molar-refractivity contribution in [2.45, 2.75) is 51.2 Å². The van der Waals surface area contributed by atoms with Gasteiger partial charge in [-0.15, -0.1) is 0 Å². The van der Waals surface area contributed by atoms with E-state index in [2.05, 4.69) is 4.98 Å². The molecule has 1 aromatic heterocycles. The van der Waals surface area contributed by atoms with Crippen molar-refractivity contribution in [1.29, 1.82) is 0 Å². The molecule has 1 aliphatic rings. The molecule has 1 fully saturated rings. The van der Waals surface area contributed by atoms with Crippen LogP contribution in [0.1, 0.15) is 53.8 Å². The van der Waals surface area contributed by atoms with E-state index in [1.165, 1.54) is 18.6 Å². The molecule has 1 amide bonds. The molecule has 3 aromatic rings. The molecule has 0 N–H and O–H groups in total. The molecule has 1 saturated carbocycles. The Morgan fingerprint density at radius 2 is 1.90 bits per heavy atom. The molecule has 6 heteroatoms. The van der Waals surface area contributed by atoms with Crippen molar-refractivity contribution < 1.29 is 9.18 Å². The Balaban J connectivity index is 1.58. The summed E-state index contributed by atoms with van der Waals surface area (Å²) in [7, 11) is 0. The van der Waals surface area contributed by atoms with Gasteiger partial charge in [0.25, 0.3) is 5.91 Å². The highest BCUT2D eigenvalue weighted by molar-refractivity contribution is 6.30. The summed E-state index contributed by atoms with van der Waals surface area (Å²) in [6.07, 6.45) is 9.10. The maximum atomic E-state index is 13.6. The number of carbonyl (C=O) groups is 1. The van der Waals surface area contributed by atoms with Crippen LogP contribution in [-0.4, -0.2) is 26.4 Å². The number of halogens is 2. The zero-order valence-corrected chi connectivity index (χ0v) is 17.6. The Hall–Kier alpha value is -2.66. The molecule has 0 unspecified atom stereocenters. The first-order valence-corrected chi connectivity index (χ1v) is 10.8. The minimum atomic E-state index is -0.254. The van der Waals surface area contributed by atoms with Crippen molar-refractivity contribution >= 4 is 17.5 Å². The summed E-state index contributed by atoms with van der Waals surface area (Å²) in [6, 6.07) is 13.8. The van der Waals surface area contributed by atoms with Gasteiger partial charge in [-0.2, -0.15) is 0 Å². The third-order valence-electron chi connectivity index (χ3n) is 5.72. The first-order chi connectivity index (χ1) is 14.6. The fourth-order valence-corrected chi connectivity index (χ4v) is 4.26. The minimum absolute atomic E-state index is 0.00104. The molecule has 30 heavy (non-hydrogen) atoms.